The molecule has 0 saturated heterocycles. The van der Waals surface area contributed by atoms with Crippen LogP contribution in [0.2, 0.25) is 0 Å². The number of hydrogen-bond acceptors (Lipinski definition) is 2. The summed E-state index contributed by atoms with van der Waals surface area (Å²) < 4.78 is 0. The highest BCUT2D eigenvalue weighted by molar-refractivity contribution is 4.08. The van der Waals surface area contributed by atoms with E-state index in [1.807, 2.05) is 0 Å². The molecule has 0 amide bonds. The standard InChI is InChI=1S/CH7N3/c2-1(3)4/h1H,2-4H2/p+1. The molecule has 0 aromatic carbocycles. The fourth-order valence-electron chi connectivity index (χ4n) is 0. The summed E-state index contributed by atoms with van der Waals surface area (Å²) in [6, 6.07) is 0. The van der Waals surface area contributed by atoms with E-state index in [1.165, 1.54) is 0 Å². The average Bonchev–Trinajstić information content (AvgIpc) is 0.811. The van der Waals surface area contributed by atoms with Crippen LogP contribution in [0.5, 0.6) is 0 Å². The van der Waals surface area contributed by atoms with E-state index in [0.29, 0.717) is 0 Å². The predicted molar refractivity (Wildman–Crippen MR) is 15.1 cm³/mol. The van der Waals surface area contributed by atoms with Crippen molar-refractivity contribution in [3.63, 3.8) is 0 Å². The van der Waals surface area contributed by atoms with E-state index >= 15 is 0 Å². The Balaban J connectivity index is 2.32. The van der Waals surface area contributed by atoms with E-state index in [0.717, 1.165) is 0 Å². The van der Waals surface area contributed by atoms with Crippen LogP contribution in [-0.2, 0) is 0 Å². The van der Waals surface area contributed by atoms with Crippen molar-refractivity contribution in [3.8, 4) is 0 Å². The van der Waals surface area contributed by atoms with Crippen LogP contribution in [-0.4, -0.2) is 6.29 Å². The van der Waals surface area contributed by atoms with Crippen molar-refractivity contribution >= 4 is 0 Å². The van der Waals surface area contributed by atoms with Crippen molar-refractivity contribution in [2.75, 3.05) is 0 Å². The maximum atomic E-state index is 4.78. The van der Waals surface area contributed by atoms with Gasteiger partial charge in [-0.25, -0.2) is 0 Å². The van der Waals surface area contributed by atoms with Crippen LogP contribution in [0, 0.1) is 0 Å². The molecule has 4 heavy (non-hydrogen) atoms. The van der Waals surface area contributed by atoms with E-state index in [-0.39, 0.29) is 0 Å². The zero-order valence-electron chi connectivity index (χ0n) is 2.44. The Morgan fingerprint density at radius 3 is 1.50 bits per heavy atom. The molecule has 0 aliphatic heterocycles. The molecule has 0 atom stereocenters. The van der Waals surface area contributed by atoms with Crippen molar-refractivity contribution in [1.82, 2.24) is 0 Å². The molecule has 3 heteroatoms. The first-order valence-electron chi connectivity index (χ1n) is 1.07. The molecular formula is CH8N3+. The Labute approximate surface area is 24.8 Å². The maximum Gasteiger partial charge on any atom is 0.190 e. The van der Waals surface area contributed by atoms with Crippen LogP contribution >= 0.6 is 0 Å². The predicted octanol–water partition coefficient (Wildman–Crippen LogP) is -2.57. The second-order valence-electron chi connectivity index (χ2n) is 0.664. The van der Waals surface area contributed by atoms with Gasteiger partial charge in [0.2, 0.25) is 0 Å². The van der Waals surface area contributed by atoms with E-state index in [2.05, 4.69) is 5.73 Å². The molecule has 0 aliphatic rings. The minimum Gasteiger partial charge on any atom is -0.330 e. The highest BCUT2D eigenvalue weighted by Crippen LogP contribution is 1.08. The van der Waals surface area contributed by atoms with Crippen LogP contribution in [0.25, 0.3) is 0 Å². The zero-order valence-corrected chi connectivity index (χ0v) is 2.44. The largest absolute Gasteiger partial charge is 0.330 e. The van der Waals surface area contributed by atoms with Crippen molar-refractivity contribution in [3.05, 3.63) is 0 Å². The Morgan fingerprint density at radius 1 is 1.50 bits per heavy atom. The summed E-state index contributed by atoms with van der Waals surface area (Å²) in [5, 5.41) is 0. The first-order chi connectivity index (χ1) is 1.73. The molecule has 0 aliphatic carbocycles. The summed E-state index contributed by atoms with van der Waals surface area (Å²) in [5.74, 6) is 0. The minimum atomic E-state index is -0.417. The molecule has 7 N–H and O–H groups in total. The lowest BCUT2D eigenvalue weighted by Crippen LogP contribution is -2.71. The Kier molecular flexibility index (Phi) is 1.19. The molecule has 26 valence electrons. The first kappa shape index (κ1) is 3.88. The van der Waals surface area contributed by atoms with Gasteiger partial charge in [-0.1, -0.05) is 0 Å². The smallest absolute Gasteiger partial charge is 0.190 e. The van der Waals surface area contributed by atoms with Gasteiger partial charge in [0.1, 0.15) is 0 Å². The molecule has 0 saturated carbocycles. The van der Waals surface area contributed by atoms with Crippen LogP contribution < -0.4 is 17.2 Å². The van der Waals surface area contributed by atoms with Crippen molar-refractivity contribution in [2.45, 2.75) is 6.29 Å². The fraction of sp³-hybridized carbons (Fsp3) is 1.00. The molecular weight excluding hydrogens is 54.0 g/mol. The van der Waals surface area contributed by atoms with Crippen LogP contribution in [0.15, 0.2) is 0 Å². The lowest BCUT2D eigenvalue weighted by molar-refractivity contribution is -0.416. The number of hydrogen-bond donors (Lipinski definition) is 3. The second kappa shape index (κ2) is 1.23. The molecule has 0 aromatic heterocycles. The van der Waals surface area contributed by atoms with Gasteiger partial charge < -0.3 is 5.73 Å². The molecule has 0 radical (unpaired) electrons. The third-order valence-electron chi connectivity index (χ3n) is 0. The Morgan fingerprint density at radius 2 is 1.50 bits per heavy atom. The quantitative estimate of drug-likeness (QED) is 0.270. The third kappa shape index (κ3) is 101. The summed E-state index contributed by atoms with van der Waals surface area (Å²) >= 11 is 0. The van der Waals surface area contributed by atoms with Gasteiger partial charge in [0.05, 0.1) is 0 Å². The number of nitrogens with two attached hydrogens (primary N) is 2. The summed E-state index contributed by atoms with van der Waals surface area (Å²) in [7, 11) is 0. The Bertz CT molecular complexity index is 8.00. The highest BCUT2D eigenvalue weighted by Gasteiger charge is 1.70. The molecule has 0 fully saturated rings. The lowest BCUT2D eigenvalue weighted by Gasteiger charge is -1.80. The summed E-state index contributed by atoms with van der Waals surface area (Å²) in [4.78, 5) is 0. The van der Waals surface area contributed by atoms with Gasteiger partial charge in [0.15, 0.2) is 6.29 Å². The molecule has 0 rings (SSSR count). The number of quaternary nitrogens is 1. The molecule has 0 unspecified atom stereocenters. The van der Waals surface area contributed by atoms with Crippen molar-refractivity contribution < 1.29 is 5.73 Å². The monoisotopic (exact) mass is 62.1 g/mol. The topological polar surface area (TPSA) is 79.7 Å². The van der Waals surface area contributed by atoms with Gasteiger partial charge in [-0.3, -0.25) is 11.5 Å². The van der Waals surface area contributed by atoms with Crippen molar-refractivity contribution in [1.29, 1.82) is 0 Å². The summed E-state index contributed by atoms with van der Waals surface area (Å²) in [6.45, 7) is 0. The number of rotatable bonds is 0. The van der Waals surface area contributed by atoms with E-state index in [9.17, 15) is 0 Å². The highest BCUT2D eigenvalue weighted by atomic mass is 15.0. The normalized spacial score (nSPS) is 9.00. The Hall–Kier alpha value is -0.120. The SMILES string of the molecule is NC(N)[NH3+]. The zero-order chi connectivity index (χ0) is 3.58. The molecule has 0 bridgehead atoms. The molecule has 0 spiro atoms. The summed E-state index contributed by atoms with van der Waals surface area (Å²) in [6.07, 6.45) is -0.417. The van der Waals surface area contributed by atoms with Crippen LogP contribution in [0.4, 0.5) is 0 Å². The van der Waals surface area contributed by atoms with Gasteiger partial charge in [-0.2, -0.15) is 0 Å². The van der Waals surface area contributed by atoms with Gasteiger partial charge in [0.25, 0.3) is 0 Å². The van der Waals surface area contributed by atoms with E-state index in [1.54, 1.807) is 0 Å². The van der Waals surface area contributed by atoms with Crippen LogP contribution in [0.1, 0.15) is 0 Å². The minimum absolute atomic E-state index is 0.417. The van der Waals surface area contributed by atoms with Crippen molar-refractivity contribution in [2.24, 2.45) is 11.5 Å². The van der Waals surface area contributed by atoms with E-state index < -0.39 is 6.29 Å². The molecule has 3 nitrogen and oxygen atoms in total. The lowest BCUT2D eigenvalue weighted by atomic mass is 11.0. The average molecular weight is 62.1 g/mol. The fourth-order valence-corrected chi connectivity index (χ4v) is 0. The first-order valence-corrected chi connectivity index (χ1v) is 1.07. The second-order valence-corrected chi connectivity index (χ2v) is 0.664. The van der Waals surface area contributed by atoms with Gasteiger partial charge in [-0.05, 0) is 0 Å². The van der Waals surface area contributed by atoms with Crippen LogP contribution in [0.3, 0.4) is 0 Å². The molecule has 0 heterocycles. The maximum absolute atomic E-state index is 4.78. The van der Waals surface area contributed by atoms with Gasteiger partial charge >= 0.3 is 0 Å². The molecule has 0 aromatic rings. The third-order valence-corrected chi connectivity index (χ3v) is 0. The van der Waals surface area contributed by atoms with Gasteiger partial charge in [0, 0.05) is 0 Å². The summed E-state index contributed by atoms with van der Waals surface area (Å²) in [5.41, 5.74) is 12.8. The van der Waals surface area contributed by atoms with Gasteiger partial charge in [-0.15, -0.1) is 0 Å². The van der Waals surface area contributed by atoms with E-state index in [4.69, 9.17) is 11.5 Å².